The fraction of sp³-hybridized carbons (Fsp3) is 0.538. The second kappa shape index (κ2) is 4.96. The topological polar surface area (TPSA) is 95.0 Å². The van der Waals surface area contributed by atoms with Crippen molar-refractivity contribution in [3.8, 4) is 5.95 Å². The lowest BCUT2D eigenvalue weighted by Gasteiger charge is -2.37. The number of aromatic nitrogens is 5. The molecule has 0 amide bonds. The van der Waals surface area contributed by atoms with Crippen molar-refractivity contribution < 1.29 is 4.74 Å². The van der Waals surface area contributed by atoms with E-state index < -0.39 is 0 Å². The molecule has 4 rings (SSSR count). The molecule has 21 heavy (non-hydrogen) atoms. The number of hydrogen-bond donors (Lipinski definition) is 1. The molecule has 1 saturated heterocycles. The lowest BCUT2D eigenvalue weighted by molar-refractivity contribution is 0.0250. The van der Waals surface area contributed by atoms with Gasteiger partial charge in [-0.25, -0.2) is 4.68 Å². The number of anilines is 2. The van der Waals surface area contributed by atoms with Gasteiger partial charge in [-0.2, -0.15) is 20.1 Å². The molecule has 2 aliphatic rings. The molecule has 2 aromatic heterocycles. The van der Waals surface area contributed by atoms with Crippen LogP contribution in [0.1, 0.15) is 19.3 Å². The molecule has 8 nitrogen and oxygen atoms in total. The van der Waals surface area contributed by atoms with E-state index in [1.807, 2.05) is 6.07 Å². The Hall–Kier alpha value is -2.22. The van der Waals surface area contributed by atoms with Crippen LogP contribution in [0.15, 0.2) is 18.5 Å². The maximum absolute atomic E-state index is 5.85. The van der Waals surface area contributed by atoms with Crippen LogP contribution < -0.4 is 10.6 Å². The summed E-state index contributed by atoms with van der Waals surface area (Å²) in [6, 6.07) is 2.16. The number of hydrogen-bond acceptors (Lipinski definition) is 7. The Morgan fingerprint density at radius 2 is 2.10 bits per heavy atom. The van der Waals surface area contributed by atoms with Crippen LogP contribution in [0.5, 0.6) is 0 Å². The zero-order valence-corrected chi connectivity index (χ0v) is 11.6. The summed E-state index contributed by atoms with van der Waals surface area (Å²) in [6.45, 7) is 1.48. The third-order valence-corrected chi connectivity index (χ3v) is 4.08. The number of nitrogen functional groups attached to an aromatic ring is 1. The first-order valence-corrected chi connectivity index (χ1v) is 7.21. The summed E-state index contributed by atoms with van der Waals surface area (Å²) >= 11 is 0. The van der Waals surface area contributed by atoms with E-state index in [4.69, 9.17) is 10.5 Å². The van der Waals surface area contributed by atoms with Crippen LogP contribution in [0.2, 0.25) is 0 Å². The molecule has 110 valence electrons. The molecular weight excluding hydrogens is 270 g/mol. The summed E-state index contributed by atoms with van der Waals surface area (Å²) in [5.74, 6) is 1.28. The smallest absolute Gasteiger partial charge is 0.257 e. The molecule has 2 aromatic rings. The number of rotatable bonds is 2. The molecule has 8 heteroatoms. The second-order valence-corrected chi connectivity index (χ2v) is 5.35. The van der Waals surface area contributed by atoms with Gasteiger partial charge in [0.25, 0.3) is 5.95 Å². The van der Waals surface area contributed by atoms with Gasteiger partial charge in [-0.15, -0.1) is 0 Å². The SMILES string of the molecule is Nc1nc(N2CCOC3CCCC32)nc(-n2cccn2)n1. The zero-order valence-electron chi connectivity index (χ0n) is 11.6. The monoisotopic (exact) mass is 287 g/mol. The lowest BCUT2D eigenvalue weighted by atomic mass is 10.1. The number of nitrogens with two attached hydrogens (primary N) is 1. The highest BCUT2D eigenvalue weighted by Crippen LogP contribution is 2.31. The highest BCUT2D eigenvalue weighted by atomic mass is 16.5. The van der Waals surface area contributed by atoms with Crippen LogP contribution in [0.25, 0.3) is 5.95 Å². The minimum atomic E-state index is 0.214. The summed E-state index contributed by atoms with van der Waals surface area (Å²) in [5, 5.41) is 4.15. The standard InChI is InChI=1S/C13H17N7O/c14-11-16-12(18-13(17-11)20-6-2-5-15-20)19-7-8-21-10-4-1-3-9(10)19/h2,5-6,9-10H,1,3-4,7-8H2,(H2,14,16,17,18). The minimum Gasteiger partial charge on any atom is -0.374 e. The summed E-state index contributed by atoms with van der Waals surface area (Å²) in [6.07, 6.45) is 7.14. The van der Waals surface area contributed by atoms with E-state index in [0.717, 1.165) is 19.4 Å². The van der Waals surface area contributed by atoms with Gasteiger partial charge in [-0.1, -0.05) is 0 Å². The van der Waals surface area contributed by atoms with E-state index in [-0.39, 0.29) is 12.1 Å². The Kier molecular flexibility index (Phi) is 2.95. The van der Waals surface area contributed by atoms with Crippen LogP contribution in [0.3, 0.4) is 0 Å². The molecule has 3 heterocycles. The van der Waals surface area contributed by atoms with Gasteiger partial charge in [0, 0.05) is 18.9 Å². The van der Waals surface area contributed by atoms with Gasteiger partial charge in [0.1, 0.15) is 0 Å². The number of morpholine rings is 1. The number of fused-ring (bicyclic) bond motifs is 1. The molecule has 1 saturated carbocycles. The van der Waals surface area contributed by atoms with Gasteiger partial charge in [-0.3, -0.25) is 0 Å². The summed E-state index contributed by atoms with van der Waals surface area (Å²) in [7, 11) is 0. The largest absolute Gasteiger partial charge is 0.374 e. The van der Waals surface area contributed by atoms with Gasteiger partial charge < -0.3 is 15.4 Å². The van der Waals surface area contributed by atoms with Crippen molar-refractivity contribution in [2.24, 2.45) is 0 Å². The Labute approximate surface area is 122 Å². The molecule has 2 N–H and O–H groups in total. The zero-order chi connectivity index (χ0) is 14.2. The highest BCUT2D eigenvalue weighted by Gasteiger charge is 2.37. The summed E-state index contributed by atoms with van der Waals surface area (Å²) in [4.78, 5) is 15.2. The summed E-state index contributed by atoms with van der Waals surface area (Å²) in [5.41, 5.74) is 5.85. The van der Waals surface area contributed by atoms with Crippen molar-refractivity contribution in [1.82, 2.24) is 24.7 Å². The van der Waals surface area contributed by atoms with Gasteiger partial charge in [0.05, 0.1) is 18.8 Å². The first-order chi connectivity index (χ1) is 10.3. The van der Waals surface area contributed by atoms with Crippen molar-refractivity contribution >= 4 is 11.9 Å². The van der Waals surface area contributed by atoms with E-state index in [1.54, 1.807) is 17.1 Å². The first-order valence-electron chi connectivity index (χ1n) is 7.21. The van der Waals surface area contributed by atoms with Crippen molar-refractivity contribution in [2.75, 3.05) is 23.8 Å². The molecule has 0 radical (unpaired) electrons. The van der Waals surface area contributed by atoms with Crippen LogP contribution in [-0.4, -0.2) is 50.0 Å². The Bertz CT molecular complexity index is 629. The van der Waals surface area contributed by atoms with E-state index >= 15 is 0 Å². The average molecular weight is 287 g/mol. The maximum Gasteiger partial charge on any atom is 0.257 e. The molecule has 0 spiro atoms. The maximum atomic E-state index is 5.85. The van der Waals surface area contributed by atoms with E-state index in [1.165, 1.54) is 6.42 Å². The molecule has 0 bridgehead atoms. The van der Waals surface area contributed by atoms with Crippen LogP contribution in [-0.2, 0) is 4.74 Å². The van der Waals surface area contributed by atoms with Crippen LogP contribution >= 0.6 is 0 Å². The molecule has 2 unspecified atom stereocenters. The molecular formula is C13H17N7O. The average Bonchev–Trinajstić information content (AvgIpc) is 3.17. The Balaban J connectivity index is 1.71. The molecule has 2 fully saturated rings. The van der Waals surface area contributed by atoms with Crippen molar-refractivity contribution in [3.05, 3.63) is 18.5 Å². The number of nitrogens with zero attached hydrogens (tertiary/aromatic N) is 6. The normalized spacial score (nSPS) is 25.0. The van der Waals surface area contributed by atoms with Crippen LogP contribution in [0.4, 0.5) is 11.9 Å². The molecule has 0 aromatic carbocycles. The predicted octanol–water partition coefficient (Wildman–Crippen LogP) is 0.397. The fourth-order valence-electron chi connectivity index (χ4n) is 3.16. The first kappa shape index (κ1) is 12.5. The van der Waals surface area contributed by atoms with Gasteiger partial charge in [0.2, 0.25) is 11.9 Å². The highest BCUT2D eigenvalue weighted by molar-refractivity contribution is 5.40. The van der Waals surface area contributed by atoms with Crippen molar-refractivity contribution in [2.45, 2.75) is 31.4 Å². The fourth-order valence-corrected chi connectivity index (χ4v) is 3.16. The quantitative estimate of drug-likeness (QED) is 0.854. The van der Waals surface area contributed by atoms with Crippen molar-refractivity contribution in [1.29, 1.82) is 0 Å². The molecule has 2 atom stereocenters. The van der Waals surface area contributed by atoms with Gasteiger partial charge >= 0.3 is 0 Å². The molecule has 1 aliphatic carbocycles. The van der Waals surface area contributed by atoms with Gasteiger partial charge in [-0.05, 0) is 25.3 Å². The second-order valence-electron chi connectivity index (χ2n) is 5.35. The third kappa shape index (κ3) is 2.21. The van der Waals surface area contributed by atoms with Crippen molar-refractivity contribution in [3.63, 3.8) is 0 Å². The van der Waals surface area contributed by atoms with E-state index in [9.17, 15) is 0 Å². The summed E-state index contributed by atoms with van der Waals surface area (Å²) < 4.78 is 7.42. The van der Waals surface area contributed by atoms with Crippen LogP contribution in [0, 0.1) is 0 Å². The minimum absolute atomic E-state index is 0.214. The third-order valence-electron chi connectivity index (χ3n) is 4.08. The lowest BCUT2D eigenvalue weighted by Crippen LogP contribution is -2.49. The predicted molar refractivity (Wildman–Crippen MR) is 76.1 cm³/mol. The Morgan fingerprint density at radius 1 is 1.19 bits per heavy atom. The Morgan fingerprint density at radius 3 is 2.95 bits per heavy atom. The van der Waals surface area contributed by atoms with E-state index in [2.05, 4.69) is 25.0 Å². The molecule has 1 aliphatic heterocycles. The number of ether oxygens (including phenoxy) is 1. The van der Waals surface area contributed by atoms with Gasteiger partial charge in [0.15, 0.2) is 0 Å². The van der Waals surface area contributed by atoms with E-state index in [0.29, 0.717) is 24.5 Å².